The van der Waals surface area contributed by atoms with E-state index in [1.54, 1.807) is 0 Å². The number of hydrogen-bond acceptors (Lipinski definition) is 3. The number of rotatable bonds is 6. The van der Waals surface area contributed by atoms with Crippen LogP contribution in [0.15, 0.2) is 24.3 Å². The van der Waals surface area contributed by atoms with Gasteiger partial charge >= 0.3 is 0 Å². The smallest absolute Gasteiger partial charge is 0.0594 e. The molecule has 0 aromatic heterocycles. The highest BCUT2D eigenvalue weighted by Crippen LogP contribution is 2.16. The average molecular weight is 262 g/mol. The number of morpholine rings is 1. The molecule has 1 aromatic rings. The third-order valence-corrected chi connectivity index (χ3v) is 3.86. The molecule has 106 valence electrons. The summed E-state index contributed by atoms with van der Waals surface area (Å²) in [5.74, 6) is 0. The molecule has 1 aliphatic heterocycles. The van der Waals surface area contributed by atoms with Crippen molar-refractivity contribution >= 4 is 0 Å². The summed E-state index contributed by atoms with van der Waals surface area (Å²) in [6, 6.07) is 9.06. The SMILES string of the molecule is Cc1ccccc1C(C)NCCCN1CCOCC1. The molecule has 3 heteroatoms. The fourth-order valence-corrected chi connectivity index (χ4v) is 2.63. The van der Waals surface area contributed by atoms with Crippen molar-refractivity contribution in [2.45, 2.75) is 26.3 Å². The Kier molecular flexibility index (Phi) is 5.83. The van der Waals surface area contributed by atoms with Crippen molar-refractivity contribution < 1.29 is 4.74 Å². The molecule has 0 amide bonds. The summed E-state index contributed by atoms with van der Waals surface area (Å²) < 4.78 is 5.36. The van der Waals surface area contributed by atoms with Gasteiger partial charge in [0.25, 0.3) is 0 Å². The van der Waals surface area contributed by atoms with E-state index in [4.69, 9.17) is 4.74 Å². The zero-order valence-corrected chi connectivity index (χ0v) is 12.2. The standard InChI is InChI=1S/C16H26N2O/c1-14-6-3-4-7-16(14)15(2)17-8-5-9-18-10-12-19-13-11-18/h3-4,6-7,15,17H,5,8-13H2,1-2H3. The van der Waals surface area contributed by atoms with Crippen molar-refractivity contribution in [2.75, 3.05) is 39.4 Å². The number of hydrogen-bond donors (Lipinski definition) is 1. The van der Waals surface area contributed by atoms with Gasteiger partial charge in [0.15, 0.2) is 0 Å². The molecular weight excluding hydrogens is 236 g/mol. The van der Waals surface area contributed by atoms with Gasteiger partial charge in [0.05, 0.1) is 13.2 Å². The predicted octanol–water partition coefficient (Wildman–Crippen LogP) is 2.37. The molecular formula is C16H26N2O. The molecule has 1 unspecified atom stereocenters. The molecule has 1 atom stereocenters. The van der Waals surface area contributed by atoms with Crippen LogP contribution in [0.5, 0.6) is 0 Å². The summed E-state index contributed by atoms with van der Waals surface area (Å²) in [7, 11) is 0. The number of nitrogens with one attached hydrogen (secondary N) is 1. The van der Waals surface area contributed by atoms with Crippen molar-refractivity contribution in [3.05, 3.63) is 35.4 Å². The fraction of sp³-hybridized carbons (Fsp3) is 0.625. The van der Waals surface area contributed by atoms with E-state index >= 15 is 0 Å². The lowest BCUT2D eigenvalue weighted by atomic mass is 10.0. The minimum atomic E-state index is 0.436. The van der Waals surface area contributed by atoms with Crippen LogP contribution in [0.1, 0.15) is 30.5 Å². The Hall–Kier alpha value is -0.900. The number of ether oxygens (including phenoxy) is 1. The van der Waals surface area contributed by atoms with Gasteiger partial charge in [0.1, 0.15) is 0 Å². The molecule has 1 saturated heterocycles. The second-order valence-electron chi connectivity index (χ2n) is 5.34. The molecule has 0 radical (unpaired) electrons. The van der Waals surface area contributed by atoms with Crippen LogP contribution in [-0.4, -0.2) is 44.3 Å². The molecule has 0 saturated carbocycles. The lowest BCUT2D eigenvalue weighted by Crippen LogP contribution is -2.37. The van der Waals surface area contributed by atoms with Crippen molar-refractivity contribution in [2.24, 2.45) is 0 Å². The van der Waals surface area contributed by atoms with Gasteiger partial charge in [-0.1, -0.05) is 24.3 Å². The van der Waals surface area contributed by atoms with Crippen LogP contribution in [0.25, 0.3) is 0 Å². The van der Waals surface area contributed by atoms with E-state index in [1.807, 2.05) is 0 Å². The zero-order valence-electron chi connectivity index (χ0n) is 12.2. The van der Waals surface area contributed by atoms with Gasteiger partial charge in [-0.05, 0) is 44.5 Å². The Morgan fingerprint density at radius 1 is 1.26 bits per heavy atom. The molecule has 1 N–H and O–H groups in total. The zero-order chi connectivity index (χ0) is 13.5. The summed E-state index contributed by atoms with van der Waals surface area (Å²) in [6.07, 6.45) is 1.20. The molecule has 19 heavy (non-hydrogen) atoms. The summed E-state index contributed by atoms with van der Waals surface area (Å²) in [4.78, 5) is 2.49. The van der Waals surface area contributed by atoms with Crippen LogP contribution in [0, 0.1) is 6.92 Å². The Morgan fingerprint density at radius 3 is 2.74 bits per heavy atom. The van der Waals surface area contributed by atoms with E-state index in [0.29, 0.717) is 6.04 Å². The molecule has 0 spiro atoms. The third-order valence-electron chi connectivity index (χ3n) is 3.86. The van der Waals surface area contributed by atoms with Gasteiger partial charge in [0, 0.05) is 19.1 Å². The molecule has 1 aliphatic rings. The first kappa shape index (κ1) is 14.5. The van der Waals surface area contributed by atoms with Crippen LogP contribution in [0.4, 0.5) is 0 Å². The second-order valence-corrected chi connectivity index (χ2v) is 5.34. The topological polar surface area (TPSA) is 24.5 Å². The normalized spacial score (nSPS) is 18.4. The number of aryl methyl sites for hydroxylation is 1. The van der Waals surface area contributed by atoms with Crippen LogP contribution < -0.4 is 5.32 Å². The first-order valence-electron chi connectivity index (χ1n) is 7.36. The maximum absolute atomic E-state index is 5.36. The molecule has 0 aliphatic carbocycles. The largest absolute Gasteiger partial charge is 0.379 e. The molecule has 2 rings (SSSR count). The third kappa shape index (κ3) is 4.60. The van der Waals surface area contributed by atoms with Crippen molar-refractivity contribution in [1.29, 1.82) is 0 Å². The molecule has 3 nitrogen and oxygen atoms in total. The van der Waals surface area contributed by atoms with Gasteiger partial charge in [-0.15, -0.1) is 0 Å². The van der Waals surface area contributed by atoms with Crippen LogP contribution in [-0.2, 0) is 4.74 Å². The number of benzene rings is 1. The van der Waals surface area contributed by atoms with Gasteiger partial charge < -0.3 is 10.1 Å². The highest BCUT2D eigenvalue weighted by atomic mass is 16.5. The summed E-state index contributed by atoms with van der Waals surface area (Å²) >= 11 is 0. The maximum atomic E-state index is 5.36. The van der Waals surface area contributed by atoms with Crippen molar-refractivity contribution in [3.8, 4) is 0 Å². The molecule has 1 heterocycles. The van der Waals surface area contributed by atoms with E-state index in [1.165, 1.54) is 24.1 Å². The molecule has 1 aromatic carbocycles. The molecule has 1 fully saturated rings. The first-order valence-corrected chi connectivity index (χ1v) is 7.36. The van der Waals surface area contributed by atoms with E-state index in [0.717, 1.165) is 32.8 Å². The summed E-state index contributed by atoms with van der Waals surface area (Å²) in [5.41, 5.74) is 2.78. The number of nitrogens with zero attached hydrogens (tertiary/aromatic N) is 1. The highest BCUT2D eigenvalue weighted by molar-refractivity contribution is 5.28. The van der Waals surface area contributed by atoms with E-state index in [2.05, 4.69) is 48.3 Å². The Labute approximate surface area is 116 Å². The summed E-state index contributed by atoms with van der Waals surface area (Å²) in [5, 5.41) is 3.62. The first-order chi connectivity index (χ1) is 9.27. The van der Waals surface area contributed by atoms with E-state index < -0.39 is 0 Å². The van der Waals surface area contributed by atoms with Crippen molar-refractivity contribution in [1.82, 2.24) is 10.2 Å². The van der Waals surface area contributed by atoms with Crippen LogP contribution in [0.2, 0.25) is 0 Å². The second kappa shape index (κ2) is 7.63. The lowest BCUT2D eigenvalue weighted by molar-refractivity contribution is 0.0374. The lowest BCUT2D eigenvalue weighted by Gasteiger charge is -2.26. The minimum Gasteiger partial charge on any atom is -0.379 e. The highest BCUT2D eigenvalue weighted by Gasteiger charge is 2.10. The quantitative estimate of drug-likeness (QED) is 0.797. The Bertz CT molecular complexity index is 375. The summed E-state index contributed by atoms with van der Waals surface area (Å²) in [6.45, 7) is 10.7. The van der Waals surface area contributed by atoms with Gasteiger partial charge in [-0.2, -0.15) is 0 Å². The Morgan fingerprint density at radius 2 is 2.00 bits per heavy atom. The molecule has 0 bridgehead atoms. The van der Waals surface area contributed by atoms with Crippen LogP contribution >= 0.6 is 0 Å². The van der Waals surface area contributed by atoms with E-state index in [-0.39, 0.29) is 0 Å². The van der Waals surface area contributed by atoms with Gasteiger partial charge in [-0.3, -0.25) is 4.90 Å². The van der Waals surface area contributed by atoms with Gasteiger partial charge in [0.2, 0.25) is 0 Å². The predicted molar refractivity (Wildman–Crippen MR) is 79.5 cm³/mol. The maximum Gasteiger partial charge on any atom is 0.0594 e. The monoisotopic (exact) mass is 262 g/mol. The van der Waals surface area contributed by atoms with E-state index in [9.17, 15) is 0 Å². The van der Waals surface area contributed by atoms with Crippen molar-refractivity contribution in [3.63, 3.8) is 0 Å². The Balaban J connectivity index is 1.66. The van der Waals surface area contributed by atoms with Gasteiger partial charge in [-0.25, -0.2) is 0 Å². The minimum absolute atomic E-state index is 0.436. The average Bonchev–Trinajstić information content (AvgIpc) is 2.45. The fourth-order valence-electron chi connectivity index (χ4n) is 2.63. The van der Waals surface area contributed by atoms with Crippen LogP contribution in [0.3, 0.4) is 0 Å².